The molecule has 1 unspecified atom stereocenters. The van der Waals surface area contributed by atoms with E-state index in [1.165, 1.54) is 0 Å². The minimum Gasteiger partial charge on any atom is -0.299 e. The van der Waals surface area contributed by atoms with E-state index < -0.39 is 0 Å². The maximum absolute atomic E-state index is 12.0. The summed E-state index contributed by atoms with van der Waals surface area (Å²) in [7, 11) is 1.84. The molecule has 0 aromatic carbocycles. The Kier molecular flexibility index (Phi) is 3.60. The van der Waals surface area contributed by atoms with E-state index in [1.54, 1.807) is 4.68 Å². The minimum atomic E-state index is 0.219. The van der Waals surface area contributed by atoms with E-state index in [9.17, 15) is 4.79 Å². The van der Waals surface area contributed by atoms with Gasteiger partial charge in [0.05, 0.1) is 22.8 Å². The number of hydrogen-bond donors (Lipinski definition) is 0. The molecular weight excluding hydrogens is 244 g/mol. The number of aryl methyl sites for hydroxylation is 2. The molecule has 0 bridgehead atoms. The van der Waals surface area contributed by atoms with Crippen molar-refractivity contribution >= 4 is 29.1 Å². The molecule has 0 amide bonds. The Morgan fingerprint density at radius 2 is 2.44 bits per heavy atom. The Hall–Kier alpha value is -0.480. The molecule has 0 saturated carbocycles. The predicted molar refractivity (Wildman–Crippen MR) is 67.1 cm³/mol. The van der Waals surface area contributed by atoms with Crippen molar-refractivity contribution in [3.05, 3.63) is 16.4 Å². The minimum absolute atomic E-state index is 0.219. The Balaban J connectivity index is 2.11. The number of halogens is 1. The highest BCUT2D eigenvalue weighted by Crippen LogP contribution is 2.27. The Morgan fingerprint density at radius 1 is 1.69 bits per heavy atom. The first-order valence-corrected chi connectivity index (χ1v) is 6.91. The summed E-state index contributed by atoms with van der Waals surface area (Å²) in [4.78, 5) is 12.0. The van der Waals surface area contributed by atoms with E-state index >= 15 is 0 Å². The predicted octanol–water partition coefficient (Wildman–Crippen LogP) is 2.25. The highest BCUT2D eigenvalue weighted by atomic mass is 35.5. The molecule has 1 fully saturated rings. The first-order chi connectivity index (χ1) is 7.59. The van der Waals surface area contributed by atoms with Gasteiger partial charge in [-0.05, 0) is 19.1 Å². The molecule has 0 radical (unpaired) electrons. The zero-order valence-corrected chi connectivity index (χ0v) is 11.1. The van der Waals surface area contributed by atoms with Crippen molar-refractivity contribution in [1.82, 2.24) is 9.78 Å². The summed E-state index contributed by atoms with van der Waals surface area (Å²) in [5.74, 6) is 2.59. The number of Topliss-reactive ketones (excluding diaryl/α,β-unsaturated/α-hetero) is 1. The van der Waals surface area contributed by atoms with E-state index in [2.05, 4.69) is 5.10 Å². The summed E-state index contributed by atoms with van der Waals surface area (Å²) >= 11 is 7.98. The van der Waals surface area contributed by atoms with Crippen LogP contribution in [0.2, 0.25) is 5.02 Å². The van der Waals surface area contributed by atoms with Crippen LogP contribution in [0.3, 0.4) is 0 Å². The summed E-state index contributed by atoms with van der Waals surface area (Å²) < 4.78 is 1.72. The monoisotopic (exact) mass is 258 g/mol. The Bertz CT molecular complexity index is 410. The normalized spacial score (nSPS) is 20.3. The van der Waals surface area contributed by atoms with Crippen molar-refractivity contribution in [2.24, 2.45) is 13.0 Å². The molecule has 0 spiro atoms. The van der Waals surface area contributed by atoms with Crippen molar-refractivity contribution in [2.45, 2.75) is 19.8 Å². The van der Waals surface area contributed by atoms with Crippen LogP contribution in [0.5, 0.6) is 0 Å². The number of ketones is 1. The maximum Gasteiger partial charge on any atom is 0.142 e. The molecule has 16 heavy (non-hydrogen) atoms. The van der Waals surface area contributed by atoms with Gasteiger partial charge < -0.3 is 0 Å². The molecule has 1 aromatic rings. The third-order valence-electron chi connectivity index (χ3n) is 2.99. The Morgan fingerprint density at radius 3 is 2.94 bits per heavy atom. The molecule has 1 atom stereocenters. The first kappa shape index (κ1) is 12.0. The highest BCUT2D eigenvalue weighted by molar-refractivity contribution is 7.99. The van der Waals surface area contributed by atoms with Crippen molar-refractivity contribution in [3.8, 4) is 0 Å². The van der Waals surface area contributed by atoms with Gasteiger partial charge in [-0.2, -0.15) is 16.9 Å². The van der Waals surface area contributed by atoms with Gasteiger partial charge in [0.1, 0.15) is 5.78 Å². The maximum atomic E-state index is 12.0. The number of aromatic nitrogens is 2. The van der Waals surface area contributed by atoms with Crippen LogP contribution in [0.4, 0.5) is 0 Å². The lowest BCUT2D eigenvalue weighted by Crippen LogP contribution is -2.17. The van der Waals surface area contributed by atoms with Crippen LogP contribution in [0, 0.1) is 12.8 Å². The number of nitrogens with zero attached hydrogens (tertiary/aromatic N) is 2. The third kappa shape index (κ3) is 2.28. The molecule has 0 N–H and O–H groups in total. The fourth-order valence-electron chi connectivity index (χ4n) is 1.97. The molecule has 1 aliphatic heterocycles. The fourth-order valence-corrected chi connectivity index (χ4v) is 3.45. The van der Waals surface area contributed by atoms with Gasteiger partial charge in [0.15, 0.2) is 0 Å². The second kappa shape index (κ2) is 4.80. The molecule has 5 heteroatoms. The van der Waals surface area contributed by atoms with Gasteiger partial charge >= 0.3 is 0 Å². The van der Waals surface area contributed by atoms with Crippen LogP contribution in [0.25, 0.3) is 0 Å². The van der Waals surface area contributed by atoms with Gasteiger partial charge in [0.2, 0.25) is 0 Å². The van der Waals surface area contributed by atoms with E-state index in [-0.39, 0.29) is 5.92 Å². The quantitative estimate of drug-likeness (QED) is 0.834. The van der Waals surface area contributed by atoms with Gasteiger partial charge in [0, 0.05) is 18.7 Å². The molecule has 2 rings (SSSR count). The standard InChI is InChI=1S/C11H15ClN2OS/c1-7-11(12)9(14(2)13-7)5-10(15)8-3-4-16-6-8/h8H,3-6H2,1-2H3. The average molecular weight is 259 g/mol. The van der Waals surface area contributed by atoms with Crippen LogP contribution in [-0.2, 0) is 18.3 Å². The van der Waals surface area contributed by atoms with E-state index in [0.717, 1.165) is 29.3 Å². The second-order valence-electron chi connectivity index (χ2n) is 4.17. The molecular formula is C11H15ClN2OS. The molecule has 2 heterocycles. The molecule has 1 aromatic heterocycles. The Labute approximate surface area is 105 Å². The topological polar surface area (TPSA) is 34.9 Å². The molecule has 1 aliphatic rings. The van der Waals surface area contributed by atoms with Gasteiger partial charge in [-0.1, -0.05) is 11.6 Å². The molecule has 1 saturated heterocycles. The number of rotatable bonds is 3. The highest BCUT2D eigenvalue weighted by Gasteiger charge is 2.25. The lowest BCUT2D eigenvalue weighted by atomic mass is 10.00. The summed E-state index contributed by atoms with van der Waals surface area (Å²) in [5, 5.41) is 4.86. The summed E-state index contributed by atoms with van der Waals surface area (Å²) in [6.07, 6.45) is 1.43. The van der Waals surface area contributed by atoms with Gasteiger partial charge in [-0.3, -0.25) is 9.48 Å². The van der Waals surface area contributed by atoms with Crippen LogP contribution in [-0.4, -0.2) is 27.1 Å². The first-order valence-electron chi connectivity index (χ1n) is 5.38. The van der Waals surface area contributed by atoms with Crippen molar-refractivity contribution in [2.75, 3.05) is 11.5 Å². The lowest BCUT2D eigenvalue weighted by Gasteiger charge is -2.07. The number of carbonyl (C=O) groups is 1. The van der Waals surface area contributed by atoms with Crippen molar-refractivity contribution < 1.29 is 4.79 Å². The van der Waals surface area contributed by atoms with Gasteiger partial charge in [0.25, 0.3) is 0 Å². The third-order valence-corrected chi connectivity index (χ3v) is 4.64. The fraction of sp³-hybridized carbons (Fsp3) is 0.636. The second-order valence-corrected chi connectivity index (χ2v) is 5.70. The van der Waals surface area contributed by atoms with Crippen molar-refractivity contribution in [1.29, 1.82) is 0 Å². The van der Waals surface area contributed by atoms with Crippen LogP contribution in [0.1, 0.15) is 17.8 Å². The zero-order chi connectivity index (χ0) is 11.7. The molecule has 3 nitrogen and oxygen atoms in total. The van der Waals surface area contributed by atoms with E-state index in [0.29, 0.717) is 17.2 Å². The average Bonchev–Trinajstić information content (AvgIpc) is 2.83. The smallest absolute Gasteiger partial charge is 0.142 e. The van der Waals surface area contributed by atoms with Crippen LogP contribution in [0.15, 0.2) is 0 Å². The van der Waals surface area contributed by atoms with Gasteiger partial charge in [-0.25, -0.2) is 0 Å². The summed E-state index contributed by atoms with van der Waals surface area (Å²) in [6.45, 7) is 1.86. The van der Waals surface area contributed by atoms with Crippen LogP contribution < -0.4 is 0 Å². The van der Waals surface area contributed by atoms with Crippen molar-refractivity contribution in [3.63, 3.8) is 0 Å². The van der Waals surface area contributed by atoms with Crippen LogP contribution >= 0.6 is 23.4 Å². The lowest BCUT2D eigenvalue weighted by molar-refractivity contribution is -0.121. The van der Waals surface area contributed by atoms with Gasteiger partial charge in [-0.15, -0.1) is 0 Å². The number of hydrogen-bond acceptors (Lipinski definition) is 3. The SMILES string of the molecule is Cc1nn(C)c(CC(=O)C2CCSC2)c1Cl. The molecule has 0 aliphatic carbocycles. The molecule has 88 valence electrons. The summed E-state index contributed by atoms with van der Waals surface area (Å²) in [5.41, 5.74) is 1.65. The summed E-state index contributed by atoms with van der Waals surface area (Å²) in [6, 6.07) is 0. The van der Waals surface area contributed by atoms with E-state index in [1.807, 2.05) is 25.7 Å². The number of carbonyl (C=O) groups excluding carboxylic acids is 1. The zero-order valence-electron chi connectivity index (χ0n) is 9.49. The van der Waals surface area contributed by atoms with E-state index in [4.69, 9.17) is 11.6 Å². The largest absolute Gasteiger partial charge is 0.299 e. The number of thioether (sulfide) groups is 1.